The van der Waals surface area contributed by atoms with Crippen molar-refractivity contribution in [2.75, 3.05) is 25.5 Å². The van der Waals surface area contributed by atoms with E-state index in [1.54, 1.807) is 27.7 Å². The van der Waals surface area contributed by atoms with Crippen molar-refractivity contribution in [3.05, 3.63) is 36.2 Å². The molecule has 4 heterocycles. The molecule has 2 unspecified atom stereocenters. The van der Waals surface area contributed by atoms with Crippen LogP contribution in [-0.4, -0.2) is 62.5 Å². The Morgan fingerprint density at radius 2 is 2.06 bits per heavy atom. The summed E-state index contributed by atoms with van der Waals surface area (Å²) in [6.07, 6.45) is 4.33. The van der Waals surface area contributed by atoms with Crippen molar-refractivity contribution in [3.8, 4) is 23.3 Å². The molecule has 3 aromatic heterocycles. The Bertz CT molecular complexity index is 1340. The van der Waals surface area contributed by atoms with Crippen LogP contribution >= 0.6 is 0 Å². The van der Waals surface area contributed by atoms with Gasteiger partial charge in [-0.2, -0.15) is 10.4 Å². The van der Waals surface area contributed by atoms with E-state index < -0.39 is 11.3 Å². The predicted molar refractivity (Wildman–Crippen MR) is 122 cm³/mol. The lowest BCUT2D eigenvalue weighted by Crippen LogP contribution is -2.36. The van der Waals surface area contributed by atoms with E-state index in [1.165, 1.54) is 13.3 Å². The molecule has 1 aliphatic heterocycles. The molecule has 1 saturated heterocycles. The summed E-state index contributed by atoms with van der Waals surface area (Å²) >= 11 is 0. The normalized spacial score (nSPS) is 20.7. The molecule has 34 heavy (non-hydrogen) atoms. The molecule has 2 fully saturated rings. The van der Waals surface area contributed by atoms with Gasteiger partial charge in [0.15, 0.2) is 5.65 Å². The number of carbonyl (C=O) groups excluding carboxylic acids is 2. The molecule has 2 aliphatic rings. The van der Waals surface area contributed by atoms with Crippen LogP contribution in [0.5, 0.6) is 5.88 Å². The number of likely N-dealkylation sites (tertiary alicyclic amines) is 1. The minimum atomic E-state index is -0.862. The van der Waals surface area contributed by atoms with Gasteiger partial charge in [0.25, 0.3) is 5.91 Å². The van der Waals surface area contributed by atoms with Crippen LogP contribution in [0.3, 0.4) is 0 Å². The molecule has 1 aliphatic carbocycles. The second kappa shape index (κ2) is 7.98. The number of aromatic nitrogens is 4. The van der Waals surface area contributed by atoms with E-state index in [0.29, 0.717) is 54.5 Å². The summed E-state index contributed by atoms with van der Waals surface area (Å²) in [5, 5.41) is 17.1. The quantitative estimate of drug-likeness (QED) is 0.561. The number of ether oxygens (including phenoxy) is 1. The number of imidazole rings is 1. The summed E-state index contributed by atoms with van der Waals surface area (Å²) in [5.74, 6) is -0.217. The molecule has 1 saturated carbocycles. The summed E-state index contributed by atoms with van der Waals surface area (Å²) in [7, 11) is 1.54. The zero-order chi connectivity index (χ0) is 24.0. The van der Waals surface area contributed by atoms with Crippen LogP contribution in [-0.2, 0) is 4.79 Å². The number of rotatable bonds is 6. The monoisotopic (exact) mass is 460 g/mol. The lowest BCUT2D eigenvalue weighted by atomic mass is 10.1. The second-order valence-corrected chi connectivity index (χ2v) is 8.89. The van der Waals surface area contributed by atoms with Crippen molar-refractivity contribution in [2.24, 2.45) is 17.1 Å². The van der Waals surface area contributed by atoms with Crippen molar-refractivity contribution in [1.82, 2.24) is 24.5 Å². The fraction of sp³-hybridized carbons (Fsp3) is 0.391. The Morgan fingerprint density at radius 1 is 1.26 bits per heavy atom. The van der Waals surface area contributed by atoms with Crippen LogP contribution in [0, 0.1) is 22.7 Å². The van der Waals surface area contributed by atoms with Gasteiger partial charge in [-0.3, -0.25) is 9.59 Å². The smallest absolute Gasteiger partial charge is 0.252 e. The molecule has 11 heteroatoms. The van der Waals surface area contributed by atoms with E-state index in [2.05, 4.69) is 26.5 Å². The minimum absolute atomic E-state index is 0.0851. The molecular weight excluding hydrogens is 436 g/mol. The highest BCUT2D eigenvalue weighted by molar-refractivity contribution is 6.01. The molecule has 2 atom stereocenters. The maximum absolute atomic E-state index is 12.9. The average Bonchev–Trinajstić information content (AvgIpc) is 3.38. The third-order valence-corrected chi connectivity index (χ3v) is 6.56. The van der Waals surface area contributed by atoms with Crippen LogP contribution < -0.4 is 15.8 Å². The highest BCUT2D eigenvalue weighted by Gasteiger charge is 2.54. The van der Waals surface area contributed by atoms with E-state index in [1.807, 2.05) is 13.0 Å². The Labute approximate surface area is 195 Å². The molecule has 174 valence electrons. The van der Waals surface area contributed by atoms with Gasteiger partial charge in [-0.25, -0.2) is 14.5 Å². The average molecular weight is 460 g/mol. The van der Waals surface area contributed by atoms with E-state index in [-0.39, 0.29) is 23.4 Å². The van der Waals surface area contributed by atoms with Gasteiger partial charge >= 0.3 is 0 Å². The first-order chi connectivity index (χ1) is 16.3. The van der Waals surface area contributed by atoms with Gasteiger partial charge in [0.1, 0.15) is 11.1 Å². The Balaban J connectivity index is 1.49. The summed E-state index contributed by atoms with van der Waals surface area (Å²) in [4.78, 5) is 35.9. The number of nitrogens with two attached hydrogens (primary N) is 1. The Kier molecular flexibility index (Phi) is 5.08. The third-order valence-electron chi connectivity index (χ3n) is 6.56. The maximum Gasteiger partial charge on any atom is 0.252 e. The van der Waals surface area contributed by atoms with Crippen LogP contribution in [0.25, 0.3) is 17.0 Å². The first kappa shape index (κ1) is 21.6. The van der Waals surface area contributed by atoms with Gasteiger partial charge < -0.3 is 20.7 Å². The number of anilines is 1. The van der Waals surface area contributed by atoms with Crippen LogP contribution in [0.15, 0.2) is 30.6 Å². The van der Waals surface area contributed by atoms with Gasteiger partial charge in [-0.05, 0) is 24.8 Å². The van der Waals surface area contributed by atoms with Gasteiger partial charge in [0.05, 0.1) is 42.5 Å². The van der Waals surface area contributed by atoms with Crippen molar-refractivity contribution in [3.63, 3.8) is 0 Å². The van der Waals surface area contributed by atoms with E-state index in [0.717, 1.165) is 0 Å². The number of methoxy groups -OCH3 is 1. The third kappa shape index (κ3) is 3.57. The molecule has 0 bridgehead atoms. The number of nitrogens with one attached hydrogen (secondary N) is 1. The lowest BCUT2D eigenvalue weighted by molar-refractivity contribution is -0.134. The molecule has 3 aromatic rings. The lowest BCUT2D eigenvalue weighted by Gasteiger charge is -2.21. The number of hydrogen-bond acceptors (Lipinski definition) is 8. The number of nitriles is 1. The molecule has 0 spiro atoms. The SMILES string of the molecule is COc1cccc(-c2cn3ncc(C(N)=O)c(NC4CN(C(=O)C5(C#N)CC5)CC4C)c3n2)n1. The van der Waals surface area contributed by atoms with Crippen molar-refractivity contribution in [2.45, 2.75) is 25.8 Å². The highest BCUT2D eigenvalue weighted by atomic mass is 16.5. The first-order valence-electron chi connectivity index (χ1n) is 11.0. The molecule has 0 radical (unpaired) electrons. The minimum Gasteiger partial charge on any atom is -0.481 e. The molecule has 2 amide bonds. The van der Waals surface area contributed by atoms with Gasteiger partial charge in [0.2, 0.25) is 11.8 Å². The van der Waals surface area contributed by atoms with Crippen molar-refractivity contribution in [1.29, 1.82) is 5.26 Å². The van der Waals surface area contributed by atoms with E-state index in [9.17, 15) is 14.9 Å². The standard InChI is InChI=1S/C23H24N8O3/c1-13-9-30(22(33)23(12-24)6-7-23)10-16(13)28-19-14(20(25)32)8-26-31-11-17(29-21(19)31)15-4-3-5-18(27-15)34-2/h3-5,8,11,13,16,28H,6-7,9-10H2,1-2H3,(H2,25,32). The number of primary amides is 1. The van der Waals surface area contributed by atoms with Crippen molar-refractivity contribution >= 4 is 23.1 Å². The zero-order valence-electron chi connectivity index (χ0n) is 18.9. The van der Waals surface area contributed by atoms with Gasteiger partial charge in [-0.15, -0.1) is 0 Å². The van der Waals surface area contributed by atoms with Gasteiger partial charge in [-0.1, -0.05) is 13.0 Å². The molecule has 0 aromatic carbocycles. The molecular formula is C23H24N8O3. The topological polar surface area (TPSA) is 152 Å². The van der Waals surface area contributed by atoms with Gasteiger partial charge in [0, 0.05) is 25.2 Å². The maximum atomic E-state index is 12.9. The predicted octanol–water partition coefficient (Wildman–Crippen LogP) is 1.46. The number of pyridine rings is 1. The summed E-state index contributed by atoms with van der Waals surface area (Å²) < 4.78 is 6.76. The van der Waals surface area contributed by atoms with E-state index in [4.69, 9.17) is 10.5 Å². The zero-order valence-corrected chi connectivity index (χ0v) is 18.9. The Morgan fingerprint density at radius 3 is 2.74 bits per heavy atom. The first-order valence-corrected chi connectivity index (χ1v) is 11.0. The number of fused-ring (bicyclic) bond motifs is 1. The van der Waals surface area contributed by atoms with Crippen LogP contribution in [0.2, 0.25) is 0 Å². The summed E-state index contributed by atoms with van der Waals surface area (Å²) in [6, 6.07) is 7.37. The number of hydrogen-bond donors (Lipinski definition) is 2. The number of nitrogens with zero attached hydrogens (tertiary/aromatic N) is 6. The van der Waals surface area contributed by atoms with Crippen LogP contribution in [0.4, 0.5) is 5.69 Å². The largest absolute Gasteiger partial charge is 0.481 e. The fourth-order valence-corrected chi connectivity index (χ4v) is 4.37. The number of carbonyl (C=O) groups is 2. The second-order valence-electron chi connectivity index (χ2n) is 8.89. The fourth-order valence-electron chi connectivity index (χ4n) is 4.37. The Hall–Kier alpha value is -4.20. The summed E-state index contributed by atoms with van der Waals surface area (Å²) in [5.41, 5.74) is 7.00. The molecule has 3 N–H and O–H groups in total. The molecule has 5 rings (SSSR count). The van der Waals surface area contributed by atoms with Crippen LogP contribution in [0.1, 0.15) is 30.1 Å². The number of amides is 2. The molecule has 11 nitrogen and oxygen atoms in total. The van der Waals surface area contributed by atoms with E-state index >= 15 is 0 Å². The highest BCUT2D eigenvalue weighted by Crippen LogP contribution is 2.47. The summed E-state index contributed by atoms with van der Waals surface area (Å²) in [6.45, 7) is 2.97. The van der Waals surface area contributed by atoms with Crippen molar-refractivity contribution < 1.29 is 14.3 Å².